The highest BCUT2D eigenvalue weighted by Crippen LogP contribution is 2.39. The van der Waals surface area contributed by atoms with Crippen LogP contribution in [0.3, 0.4) is 0 Å². The monoisotopic (exact) mass is 572 g/mol. The summed E-state index contributed by atoms with van der Waals surface area (Å²) >= 11 is 0. The van der Waals surface area contributed by atoms with E-state index in [2.05, 4.69) is 24.3 Å². The highest BCUT2D eigenvalue weighted by Gasteiger charge is 2.42. The Morgan fingerprint density at radius 3 is 2.51 bits per heavy atom. The Morgan fingerprint density at radius 2 is 1.80 bits per heavy atom. The van der Waals surface area contributed by atoms with Crippen LogP contribution in [0.15, 0.2) is 54.6 Å². The summed E-state index contributed by atoms with van der Waals surface area (Å²) in [5.74, 6) is 0.594. The summed E-state index contributed by atoms with van der Waals surface area (Å²) in [6, 6.07) is 9.74. The molecule has 8 nitrogen and oxygen atoms in total. The first kappa shape index (κ1) is 31.7. The molecule has 1 N–H and O–H groups in total. The SMILES string of the molecule is COC(=O)CCC/C=C\C[C@@H]1[C@@H](/C=C/[C@H](COc2ccccc2)OC2CCCCO2)[C@H](OC2CCCCO2)C[C@H]1O. The summed E-state index contributed by atoms with van der Waals surface area (Å²) in [7, 11) is 1.41. The van der Waals surface area contributed by atoms with Gasteiger partial charge in [-0.1, -0.05) is 42.5 Å². The molecule has 7 atom stereocenters. The minimum absolute atomic E-state index is 0.00156. The number of aliphatic hydroxyl groups excluding tert-OH is 1. The third-order valence-corrected chi connectivity index (χ3v) is 8.08. The van der Waals surface area contributed by atoms with Gasteiger partial charge in [-0.25, -0.2) is 0 Å². The molecule has 0 amide bonds. The minimum atomic E-state index is -0.487. The molecule has 0 aromatic heterocycles. The van der Waals surface area contributed by atoms with Gasteiger partial charge < -0.3 is 33.5 Å². The molecule has 2 saturated heterocycles. The molecule has 1 aromatic carbocycles. The fourth-order valence-corrected chi connectivity index (χ4v) is 5.78. The standard InChI is InChI=1S/C33H48O8/c1-36-31(35)16-8-3-2-7-15-27-28(30(23-29(27)34)41-33-18-10-12-22-38-33)20-19-26(40-32-17-9-11-21-37-32)24-39-25-13-5-4-6-14-25/h2,4-7,13-14,19-20,26-30,32-34H,3,8-12,15-18,21-24H2,1H3/b7-2-,20-19+/t26-,27-,28-,29-,30-,32?,33?/m1/s1. The number of carbonyl (C=O) groups excluding carboxylic acids is 1. The molecular formula is C33H48O8. The third-order valence-electron chi connectivity index (χ3n) is 8.08. The quantitative estimate of drug-likeness (QED) is 0.162. The van der Waals surface area contributed by atoms with Crippen molar-refractivity contribution in [1.82, 2.24) is 0 Å². The highest BCUT2D eigenvalue weighted by molar-refractivity contribution is 5.69. The second kappa shape index (κ2) is 17.7. The summed E-state index contributed by atoms with van der Waals surface area (Å²) in [5, 5.41) is 11.1. The molecule has 3 aliphatic rings. The van der Waals surface area contributed by atoms with Crippen molar-refractivity contribution < 1.29 is 38.3 Å². The fourth-order valence-electron chi connectivity index (χ4n) is 5.78. The normalized spacial score (nSPS) is 29.6. The summed E-state index contributed by atoms with van der Waals surface area (Å²) < 4.78 is 35.4. The van der Waals surface area contributed by atoms with E-state index in [4.69, 9.17) is 28.4 Å². The number of hydrogen-bond donors (Lipinski definition) is 1. The van der Waals surface area contributed by atoms with Crippen LogP contribution in [-0.2, 0) is 28.5 Å². The molecule has 3 fully saturated rings. The molecule has 8 heteroatoms. The highest BCUT2D eigenvalue weighted by atomic mass is 16.7. The molecule has 2 unspecified atom stereocenters. The molecule has 2 aliphatic heterocycles. The van der Waals surface area contributed by atoms with Crippen LogP contribution in [0.4, 0.5) is 0 Å². The van der Waals surface area contributed by atoms with Crippen LogP contribution < -0.4 is 4.74 Å². The Labute approximate surface area is 245 Å². The molecule has 4 rings (SSSR count). The number of rotatable bonds is 15. The van der Waals surface area contributed by atoms with Crippen molar-refractivity contribution in [2.45, 2.75) is 102 Å². The van der Waals surface area contributed by atoms with Crippen LogP contribution in [0.2, 0.25) is 0 Å². The average Bonchev–Trinajstić information content (AvgIpc) is 3.30. The predicted molar refractivity (Wildman–Crippen MR) is 155 cm³/mol. The van der Waals surface area contributed by atoms with Gasteiger partial charge in [0.25, 0.3) is 0 Å². The Balaban J connectivity index is 1.43. The number of aliphatic hydroxyl groups is 1. The van der Waals surface area contributed by atoms with Crippen LogP contribution in [0.1, 0.15) is 70.6 Å². The topological polar surface area (TPSA) is 92.7 Å². The van der Waals surface area contributed by atoms with Crippen molar-refractivity contribution in [3.05, 3.63) is 54.6 Å². The van der Waals surface area contributed by atoms with E-state index >= 15 is 0 Å². The average molecular weight is 573 g/mol. The Hall–Kier alpha value is -2.23. The van der Waals surface area contributed by atoms with Gasteiger partial charge in [0.2, 0.25) is 0 Å². The number of carbonyl (C=O) groups is 1. The van der Waals surface area contributed by atoms with E-state index in [1.807, 2.05) is 30.3 Å². The molecule has 1 aliphatic carbocycles. The van der Waals surface area contributed by atoms with Gasteiger partial charge in [0.05, 0.1) is 19.3 Å². The maximum atomic E-state index is 11.4. The summed E-state index contributed by atoms with van der Waals surface area (Å²) in [4.78, 5) is 11.4. The summed E-state index contributed by atoms with van der Waals surface area (Å²) in [6.07, 6.45) is 16.3. The number of unbranched alkanes of at least 4 members (excludes halogenated alkanes) is 1. The van der Waals surface area contributed by atoms with E-state index in [1.165, 1.54) is 7.11 Å². The molecule has 1 aromatic rings. The van der Waals surface area contributed by atoms with E-state index in [1.54, 1.807) is 0 Å². The van der Waals surface area contributed by atoms with E-state index in [0.29, 0.717) is 32.7 Å². The van der Waals surface area contributed by atoms with Gasteiger partial charge in [-0.3, -0.25) is 4.79 Å². The molecule has 1 saturated carbocycles. The lowest BCUT2D eigenvalue weighted by molar-refractivity contribution is -0.193. The molecule has 0 radical (unpaired) electrons. The third kappa shape index (κ3) is 10.8. The van der Waals surface area contributed by atoms with E-state index in [0.717, 1.165) is 63.5 Å². The number of esters is 1. The van der Waals surface area contributed by atoms with Gasteiger partial charge in [-0.05, 0) is 75.8 Å². The fraction of sp³-hybridized carbons (Fsp3) is 0.667. The van der Waals surface area contributed by atoms with Crippen molar-refractivity contribution in [3.8, 4) is 5.75 Å². The first-order valence-electron chi connectivity index (χ1n) is 15.4. The Kier molecular flexibility index (Phi) is 13.7. The van der Waals surface area contributed by atoms with E-state index in [9.17, 15) is 9.90 Å². The zero-order valence-electron chi connectivity index (χ0n) is 24.4. The maximum Gasteiger partial charge on any atom is 0.305 e. The lowest BCUT2D eigenvalue weighted by Crippen LogP contribution is -2.32. The lowest BCUT2D eigenvalue weighted by atomic mass is 9.89. The van der Waals surface area contributed by atoms with Crippen molar-refractivity contribution in [2.75, 3.05) is 26.9 Å². The largest absolute Gasteiger partial charge is 0.491 e. The molecular weight excluding hydrogens is 524 g/mol. The maximum absolute atomic E-state index is 11.4. The van der Waals surface area contributed by atoms with Crippen LogP contribution in [0, 0.1) is 11.8 Å². The first-order chi connectivity index (χ1) is 20.1. The van der Waals surface area contributed by atoms with E-state index < -0.39 is 6.10 Å². The predicted octanol–water partition coefficient (Wildman–Crippen LogP) is 5.73. The second-order valence-electron chi connectivity index (χ2n) is 11.2. The molecule has 41 heavy (non-hydrogen) atoms. The van der Waals surface area contributed by atoms with E-state index in [-0.39, 0.29) is 42.6 Å². The van der Waals surface area contributed by atoms with Crippen molar-refractivity contribution in [2.24, 2.45) is 11.8 Å². The number of methoxy groups -OCH3 is 1. The molecule has 0 bridgehead atoms. The van der Waals surface area contributed by atoms with Crippen molar-refractivity contribution >= 4 is 5.97 Å². The minimum Gasteiger partial charge on any atom is -0.491 e. The Morgan fingerprint density at radius 1 is 1.05 bits per heavy atom. The number of allylic oxidation sites excluding steroid dienone is 2. The van der Waals surface area contributed by atoms with Gasteiger partial charge in [0, 0.05) is 32.0 Å². The van der Waals surface area contributed by atoms with Crippen LogP contribution in [0.25, 0.3) is 0 Å². The van der Waals surface area contributed by atoms with Gasteiger partial charge >= 0.3 is 5.97 Å². The molecule has 228 valence electrons. The smallest absolute Gasteiger partial charge is 0.305 e. The molecule has 0 spiro atoms. The summed E-state index contributed by atoms with van der Waals surface area (Å²) in [5.41, 5.74) is 0. The van der Waals surface area contributed by atoms with Crippen molar-refractivity contribution in [1.29, 1.82) is 0 Å². The van der Waals surface area contributed by atoms with Crippen LogP contribution in [-0.4, -0.2) is 68.9 Å². The lowest BCUT2D eigenvalue weighted by Gasteiger charge is -2.30. The Bertz CT molecular complexity index is 922. The van der Waals surface area contributed by atoms with Crippen LogP contribution >= 0.6 is 0 Å². The van der Waals surface area contributed by atoms with Crippen molar-refractivity contribution in [3.63, 3.8) is 0 Å². The molecule has 2 heterocycles. The summed E-state index contributed by atoms with van der Waals surface area (Å²) in [6.45, 7) is 1.78. The first-order valence-corrected chi connectivity index (χ1v) is 15.4. The number of hydrogen-bond acceptors (Lipinski definition) is 8. The zero-order chi connectivity index (χ0) is 28.7. The van der Waals surface area contributed by atoms with Gasteiger partial charge in [-0.15, -0.1) is 0 Å². The van der Waals surface area contributed by atoms with Gasteiger partial charge in [0.1, 0.15) is 18.5 Å². The number of para-hydroxylation sites is 1. The number of ether oxygens (including phenoxy) is 6. The second-order valence-corrected chi connectivity index (χ2v) is 11.2. The van der Waals surface area contributed by atoms with Gasteiger partial charge in [-0.2, -0.15) is 0 Å². The number of benzene rings is 1. The van der Waals surface area contributed by atoms with Crippen LogP contribution in [0.5, 0.6) is 5.75 Å². The zero-order valence-corrected chi connectivity index (χ0v) is 24.4. The van der Waals surface area contributed by atoms with Gasteiger partial charge in [0.15, 0.2) is 12.6 Å².